The number of carbonyl (C=O) groups is 2. The minimum Gasteiger partial charge on any atom is -0.488 e. The molecule has 0 saturated heterocycles. The Hall–Kier alpha value is -3.79. The highest BCUT2D eigenvalue weighted by Gasteiger charge is 2.25. The summed E-state index contributed by atoms with van der Waals surface area (Å²) in [6.45, 7) is 1.15. The van der Waals surface area contributed by atoms with Crippen molar-refractivity contribution in [2.45, 2.75) is 13.0 Å². The third kappa shape index (κ3) is 4.89. The highest BCUT2D eigenvalue weighted by molar-refractivity contribution is 5.90. The predicted octanol–water partition coefficient (Wildman–Crippen LogP) is 1.71. The summed E-state index contributed by atoms with van der Waals surface area (Å²) in [6.07, 6.45) is -0.428. The molecule has 0 aromatic heterocycles. The smallest absolute Gasteiger partial charge is 0.323 e. The minimum atomic E-state index is -1.45. The Balaban J connectivity index is 2.24. The maximum atomic E-state index is 12.0. The fourth-order valence-corrected chi connectivity index (χ4v) is 2.31. The number of hydrogen-bond acceptors (Lipinski definition) is 8. The molecule has 2 aromatic carbocycles. The van der Waals surface area contributed by atoms with Gasteiger partial charge < -0.3 is 14.6 Å². The molecule has 1 amide bonds. The molecule has 0 heterocycles. The zero-order valence-corrected chi connectivity index (χ0v) is 15.0. The van der Waals surface area contributed by atoms with Gasteiger partial charge in [0.1, 0.15) is 0 Å². The van der Waals surface area contributed by atoms with E-state index in [4.69, 9.17) is 9.47 Å². The second-order valence-electron chi connectivity index (χ2n) is 5.43. The highest BCUT2D eigenvalue weighted by atomic mass is 16.6. The molecule has 10 nitrogen and oxygen atoms in total. The van der Waals surface area contributed by atoms with Crippen LogP contribution in [0.4, 0.5) is 5.69 Å². The molecule has 10 heteroatoms. The second-order valence-corrected chi connectivity index (χ2v) is 5.43. The summed E-state index contributed by atoms with van der Waals surface area (Å²) in [4.78, 5) is 33.8. The van der Waals surface area contributed by atoms with Crippen LogP contribution in [0.1, 0.15) is 24.2 Å². The maximum absolute atomic E-state index is 12.0. The van der Waals surface area contributed by atoms with Gasteiger partial charge in [-0.1, -0.05) is 30.3 Å². The summed E-state index contributed by atoms with van der Waals surface area (Å²) >= 11 is 0. The van der Waals surface area contributed by atoms with Gasteiger partial charge in [-0.05, 0) is 17.7 Å². The molecule has 28 heavy (non-hydrogen) atoms. The van der Waals surface area contributed by atoms with E-state index in [9.17, 15) is 24.8 Å². The molecule has 1 atom stereocenters. The number of aliphatic hydroxyl groups excluding tert-OH is 1. The number of rotatable bonds is 7. The molecule has 0 aliphatic rings. The van der Waals surface area contributed by atoms with Gasteiger partial charge in [-0.15, -0.1) is 0 Å². The van der Waals surface area contributed by atoms with Crippen LogP contribution in [0.5, 0.6) is 11.5 Å². The lowest BCUT2D eigenvalue weighted by Crippen LogP contribution is -2.25. The Morgan fingerprint density at radius 1 is 1.25 bits per heavy atom. The molecule has 0 saturated carbocycles. The van der Waals surface area contributed by atoms with Crippen molar-refractivity contribution in [2.75, 3.05) is 7.11 Å². The first-order chi connectivity index (χ1) is 13.3. The number of hydrogen-bond donors (Lipinski definition) is 2. The second kappa shape index (κ2) is 9.24. The quantitative estimate of drug-likeness (QED) is 0.242. The van der Waals surface area contributed by atoms with Gasteiger partial charge in [-0.2, -0.15) is 5.10 Å². The van der Waals surface area contributed by atoms with Gasteiger partial charge in [0.25, 0.3) is 5.91 Å². The monoisotopic (exact) mass is 387 g/mol. The van der Waals surface area contributed by atoms with E-state index in [0.717, 1.165) is 13.1 Å². The lowest BCUT2D eigenvalue weighted by atomic mass is 10.1. The average Bonchev–Trinajstić information content (AvgIpc) is 2.67. The summed E-state index contributed by atoms with van der Waals surface area (Å²) in [5, 5.41) is 25.0. The molecule has 0 aliphatic heterocycles. The number of ether oxygens (including phenoxy) is 2. The first-order valence-electron chi connectivity index (χ1n) is 7.95. The van der Waals surface area contributed by atoms with Gasteiger partial charge in [0.15, 0.2) is 11.9 Å². The van der Waals surface area contributed by atoms with E-state index >= 15 is 0 Å². The van der Waals surface area contributed by atoms with Gasteiger partial charge in [0, 0.05) is 6.92 Å². The van der Waals surface area contributed by atoms with Crippen LogP contribution in [0.25, 0.3) is 0 Å². The van der Waals surface area contributed by atoms with Gasteiger partial charge in [-0.3, -0.25) is 19.7 Å². The Morgan fingerprint density at radius 2 is 1.93 bits per heavy atom. The first kappa shape index (κ1) is 20.5. The number of amides is 1. The predicted molar refractivity (Wildman–Crippen MR) is 98.1 cm³/mol. The van der Waals surface area contributed by atoms with E-state index in [1.165, 1.54) is 19.2 Å². The van der Waals surface area contributed by atoms with Crippen molar-refractivity contribution in [1.82, 2.24) is 5.43 Å². The molecule has 2 N–H and O–H groups in total. The topological polar surface area (TPSA) is 140 Å². The fraction of sp³-hybridized carbons (Fsp3) is 0.167. The molecule has 2 aromatic rings. The van der Waals surface area contributed by atoms with Crippen molar-refractivity contribution in [1.29, 1.82) is 0 Å². The summed E-state index contributed by atoms with van der Waals surface area (Å²) in [7, 11) is 1.19. The number of benzene rings is 2. The molecule has 0 radical (unpaired) electrons. The number of hydrazone groups is 1. The maximum Gasteiger partial charge on any atom is 0.323 e. The highest BCUT2D eigenvalue weighted by Crippen LogP contribution is 2.39. The Labute approximate surface area is 159 Å². The molecule has 0 spiro atoms. The number of nitrogens with one attached hydrogen (secondary N) is 1. The van der Waals surface area contributed by atoms with Crippen molar-refractivity contribution in [3.63, 3.8) is 0 Å². The van der Waals surface area contributed by atoms with Gasteiger partial charge in [0.05, 0.1) is 23.8 Å². The summed E-state index contributed by atoms with van der Waals surface area (Å²) in [6, 6.07) is 10.8. The molecule has 0 aliphatic carbocycles. The van der Waals surface area contributed by atoms with Crippen LogP contribution in [0.2, 0.25) is 0 Å². The van der Waals surface area contributed by atoms with Crippen molar-refractivity contribution >= 4 is 23.8 Å². The number of nitrogens with zero attached hydrogens (tertiary/aromatic N) is 2. The average molecular weight is 387 g/mol. The minimum absolute atomic E-state index is 0.00717. The van der Waals surface area contributed by atoms with Crippen molar-refractivity contribution in [2.24, 2.45) is 5.10 Å². The largest absolute Gasteiger partial charge is 0.488 e. The molecular weight excluding hydrogens is 370 g/mol. The standard InChI is InChI=1S/C18H17N3O7/c1-11(22)28-14-9-8-13(15(21(25)26)17(14)27-2)10-19-20-18(24)16(23)12-6-4-3-5-7-12/h3-10,16,23H,1-2H3,(H,20,24)/b19-10+. The van der Waals surface area contributed by atoms with E-state index in [2.05, 4.69) is 10.5 Å². The van der Waals surface area contributed by atoms with Crippen molar-refractivity contribution in [3.8, 4) is 11.5 Å². The van der Waals surface area contributed by atoms with E-state index in [-0.39, 0.29) is 17.1 Å². The Bertz CT molecular complexity index is 913. The normalized spacial score (nSPS) is 11.7. The lowest BCUT2D eigenvalue weighted by Gasteiger charge is -2.10. The number of esters is 1. The van der Waals surface area contributed by atoms with Gasteiger partial charge in [0.2, 0.25) is 5.75 Å². The molecule has 1 unspecified atom stereocenters. The molecule has 0 bridgehead atoms. The van der Waals surface area contributed by atoms with E-state index in [1.54, 1.807) is 30.3 Å². The van der Waals surface area contributed by atoms with Gasteiger partial charge in [-0.25, -0.2) is 5.43 Å². The summed E-state index contributed by atoms with van der Waals surface area (Å²) in [5.41, 5.74) is 1.98. The van der Waals surface area contributed by atoms with Crippen LogP contribution in [-0.4, -0.2) is 35.2 Å². The third-order valence-electron chi connectivity index (χ3n) is 3.51. The number of methoxy groups -OCH3 is 1. The molecule has 2 rings (SSSR count). The van der Waals surface area contributed by atoms with Crippen LogP contribution in [0.3, 0.4) is 0 Å². The molecular formula is C18H17N3O7. The third-order valence-corrected chi connectivity index (χ3v) is 3.51. The van der Waals surface area contributed by atoms with Crippen LogP contribution in [-0.2, 0) is 9.59 Å². The lowest BCUT2D eigenvalue weighted by molar-refractivity contribution is -0.385. The van der Waals surface area contributed by atoms with E-state index < -0.39 is 28.6 Å². The van der Waals surface area contributed by atoms with Crippen LogP contribution in [0, 0.1) is 10.1 Å². The zero-order chi connectivity index (χ0) is 20.7. The van der Waals surface area contributed by atoms with Crippen LogP contribution >= 0.6 is 0 Å². The SMILES string of the molecule is COc1c(OC(C)=O)ccc(/C=N/NC(=O)C(O)c2ccccc2)c1[N+](=O)[O-]. The molecule has 0 fully saturated rings. The number of aliphatic hydroxyl groups is 1. The van der Waals surface area contributed by atoms with Gasteiger partial charge >= 0.3 is 11.7 Å². The van der Waals surface area contributed by atoms with Crippen LogP contribution < -0.4 is 14.9 Å². The van der Waals surface area contributed by atoms with Crippen molar-refractivity contribution < 1.29 is 29.1 Å². The Morgan fingerprint density at radius 3 is 2.50 bits per heavy atom. The summed E-state index contributed by atoms with van der Waals surface area (Å²) in [5.74, 6) is -1.87. The van der Waals surface area contributed by atoms with Crippen LogP contribution in [0.15, 0.2) is 47.6 Å². The first-order valence-corrected chi connectivity index (χ1v) is 7.95. The number of nitro benzene ring substituents is 1. The molecule has 146 valence electrons. The van der Waals surface area contributed by atoms with E-state index in [0.29, 0.717) is 5.56 Å². The fourth-order valence-electron chi connectivity index (χ4n) is 2.31. The Kier molecular flexibility index (Phi) is 6.77. The summed E-state index contributed by atoms with van der Waals surface area (Å²) < 4.78 is 9.88. The van der Waals surface area contributed by atoms with Crippen molar-refractivity contribution in [3.05, 3.63) is 63.7 Å². The number of nitro groups is 1. The van der Waals surface area contributed by atoms with E-state index in [1.807, 2.05) is 0 Å². The zero-order valence-electron chi connectivity index (χ0n) is 15.0. The number of carbonyl (C=O) groups excluding carboxylic acids is 2.